The summed E-state index contributed by atoms with van der Waals surface area (Å²) in [7, 11) is 0. The van der Waals surface area contributed by atoms with Crippen LogP contribution < -0.4 is 10.6 Å². The first-order valence-corrected chi connectivity index (χ1v) is 9.11. The summed E-state index contributed by atoms with van der Waals surface area (Å²) >= 11 is 3.42. The number of aromatic nitrogens is 3. The van der Waals surface area contributed by atoms with E-state index in [1.165, 1.54) is 0 Å². The SMILES string of the molecule is CC(C)c1[nH]nc(C(=O)Nc2cccc(NC(=O)c3ccncc3)c2)c1Br. The molecule has 0 saturated heterocycles. The van der Waals surface area contributed by atoms with E-state index in [0.29, 0.717) is 21.4 Å². The van der Waals surface area contributed by atoms with Crippen molar-refractivity contribution >= 4 is 39.1 Å². The number of halogens is 1. The summed E-state index contributed by atoms with van der Waals surface area (Å²) in [5, 5.41) is 12.5. The second kappa shape index (κ2) is 8.13. The van der Waals surface area contributed by atoms with Gasteiger partial charge in [0.2, 0.25) is 0 Å². The molecule has 8 heteroatoms. The number of benzene rings is 1. The van der Waals surface area contributed by atoms with Crippen LogP contribution in [-0.4, -0.2) is 27.0 Å². The molecular formula is C19H18BrN5O2. The standard InChI is InChI=1S/C19H18BrN5O2/c1-11(2)16-15(20)17(25-24-16)19(27)23-14-5-3-4-13(10-14)22-18(26)12-6-8-21-9-7-12/h3-11H,1-2H3,(H,22,26)(H,23,27)(H,24,25). The molecule has 0 spiro atoms. The Morgan fingerprint density at radius 1 is 1.04 bits per heavy atom. The second-order valence-electron chi connectivity index (χ2n) is 6.18. The predicted molar refractivity (Wildman–Crippen MR) is 107 cm³/mol. The van der Waals surface area contributed by atoms with Gasteiger partial charge in [-0.2, -0.15) is 5.10 Å². The molecule has 7 nitrogen and oxygen atoms in total. The zero-order valence-corrected chi connectivity index (χ0v) is 16.4. The maximum Gasteiger partial charge on any atom is 0.277 e. The summed E-state index contributed by atoms with van der Waals surface area (Å²) < 4.78 is 0.650. The number of nitrogens with one attached hydrogen (secondary N) is 3. The van der Waals surface area contributed by atoms with Crippen LogP contribution >= 0.6 is 15.9 Å². The highest BCUT2D eigenvalue weighted by molar-refractivity contribution is 9.10. The van der Waals surface area contributed by atoms with E-state index in [9.17, 15) is 9.59 Å². The van der Waals surface area contributed by atoms with Crippen LogP contribution in [0.15, 0.2) is 53.3 Å². The van der Waals surface area contributed by atoms with Crippen molar-refractivity contribution in [3.63, 3.8) is 0 Å². The fourth-order valence-corrected chi connectivity index (χ4v) is 3.26. The lowest BCUT2D eigenvalue weighted by Crippen LogP contribution is -2.14. The van der Waals surface area contributed by atoms with Gasteiger partial charge in [0.1, 0.15) is 0 Å². The Hall–Kier alpha value is -3.00. The van der Waals surface area contributed by atoms with E-state index in [1.807, 2.05) is 13.8 Å². The first-order valence-electron chi connectivity index (χ1n) is 8.32. The molecule has 3 N–H and O–H groups in total. The number of carbonyl (C=O) groups excluding carboxylic acids is 2. The van der Waals surface area contributed by atoms with Crippen LogP contribution in [0, 0.1) is 0 Å². The number of carbonyl (C=O) groups is 2. The number of aromatic amines is 1. The van der Waals surface area contributed by atoms with Crippen LogP contribution in [0.5, 0.6) is 0 Å². The molecule has 3 aromatic rings. The molecule has 0 radical (unpaired) electrons. The minimum absolute atomic E-state index is 0.208. The molecule has 0 atom stereocenters. The molecule has 0 aliphatic rings. The average molecular weight is 428 g/mol. The van der Waals surface area contributed by atoms with Crippen LogP contribution in [0.4, 0.5) is 11.4 Å². The van der Waals surface area contributed by atoms with Crippen molar-refractivity contribution in [2.24, 2.45) is 0 Å². The van der Waals surface area contributed by atoms with Gasteiger partial charge in [0.25, 0.3) is 11.8 Å². The molecule has 0 bridgehead atoms. The number of amides is 2. The third-order valence-corrected chi connectivity index (χ3v) is 4.65. The summed E-state index contributed by atoms with van der Waals surface area (Å²) in [6.45, 7) is 4.02. The Morgan fingerprint density at radius 2 is 1.67 bits per heavy atom. The number of nitrogens with zero attached hydrogens (tertiary/aromatic N) is 2. The van der Waals surface area contributed by atoms with E-state index >= 15 is 0 Å². The number of hydrogen-bond donors (Lipinski definition) is 3. The first kappa shape index (κ1) is 18.8. The van der Waals surface area contributed by atoms with Gasteiger partial charge in [-0.05, 0) is 52.2 Å². The molecule has 2 aromatic heterocycles. The highest BCUT2D eigenvalue weighted by atomic mass is 79.9. The quantitative estimate of drug-likeness (QED) is 0.567. The number of rotatable bonds is 5. The van der Waals surface area contributed by atoms with Crippen molar-refractivity contribution in [2.75, 3.05) is 10.6 Å². The van der Waals surface area contributed by atoms with Crippen LogP contribution in [0.25, 0.3) is 0 Å². The zero-order chi connectivity index (χ0) is 19.4. The van der Waals surface area contributed by atoms with Gasteiger partial charge in [-0.3, -0.25) is 19.7 Å². The van der Waals surface area contributed by atoms with Crippen LogP contribution in [0.3, 0.4) is 0 Å². The number of anilines is 2. The van der Waals surface area contributed by atoms with Crippen molar-refractivity contribution in [2.45, 2.75) is 19.8 Å². The van der Waals surface area contributed by atoms with Gasteiger partial charge < -0.3 is 10.6 Å². The Balaban J connectivity index is 1.72. The van der Waals surface area contributed by atoms with E-state index in [-0.39, 0.29) is 23.4 Å². The maximum absolute atomic E-state index is 12.5. The lowest BCUT2D eigenvalue weighted by atomic mass is 10.1. The summed E-state index contributed by atoms with van der Waals surface area (Å²) in [6.07, 6.45) is 3.11. The summed E-state index contributed by atoms with van der Waals surface area (Å²) in [4.78, 5) is 28.6. The van der Waals surface area contributed by atoms with Gasteiger partial charge in [-0.15, -0.1) is 0 Å². The molecule has 0 aliphatic carbocycles. The highest BCUT2D eigenvalue weighted by Crippen LogP contribution is 2.26. The normalized spacial score (nSPS) is 10.7. The Bertz CT molecular complexity index is 969. The minimum atomic E-state index is -0.345. The number of H-pyrrole nitrogens is 1. The molecule has 2 heterocycles. The monoisotopic (exact) mass is 427 g/mol. The van der Waals surface area contributed by atoms with Gasteiger partial charge in [-0.25, -0.2) is 0 Å². The first-order chi connectivity index (χ1) is 13.0. The third-order valence-electron chi connectivity index (χ3n) is 3.85. The topological polar surface area (TPSA) is 99.8 Å². The predicted octanol–water partition coefficient (Wildman–Crippen LogP) is 4.20. The van der Waals surface area contributed by atoms with Gasteiger partial charge in [0.05, 0.1) is 10.2 Å². The van der Waals surface area contributed by atoms with Crippen molar-refractivity contribution in [1.29, 1.82) is 0 Å². The van der Waals surface area contributed by atoms with E-state index in [1.54, 1.807) is 48.8 Å². The number of pyridine rings is 1. The molecule has 0 saturated carbocycles. The lowest BCUT2D eigenvalue weighted by Gasteiger charge is -2.08. The highest BCUT2D eigenvalue weighted by Gasteiger charge is 2.19. The van der Waals surface area contributed by atoms with Crippen molar-refractivity contribution in [3.05, 3.63) is 70.2 Å². The minimum Gasteiger partial charge on any atom is -0.322 e. The molecule has 27 heavy (non-hydrogen) atoms. The summed E-state index contributed by atoms with van der Waals surface area (Å²) in [6, 6.07) is 10.2. The molecule has 2 amide bonds. The molecule has 0 fully saturated rings. The fourth-order valence-electron chi connectivity index (χ4n) is 2.45. The third kappa shape index (κ3) is 4.40. The van der Waals surface area contributed by atoms with E-state index in [4.69, 9.17) is 0 Å². The van der Waals surface area contributed by atoms with Gasteiger partial charge in [0.15, 0.2) is 5.69 Å². The average Bonchev–Trinajstić information content (AvgIpc) is 3.04. The fraction of sp³-hybridized carbons (Fsp3) is 0.158. The van der Waals surface area contributed by atoms with Gasteiger partial charge >= 0.3 is 0 Å². The van der Waals surface area contributed by atoms with E-state index < -0.39 is 0 Å². The molecule has 3 rings (SSSR count). The Labute approximate surface area is 164 Å². The molecule has 138 valence electrons. The Morgan fingerprint density at radius 3 is 2.26 bits per heavy atom. The smallest absolute Gasteiger partial charge is 0.277 e. The van der Waals surface area contributed by atoms with Crippen molar-refractivity contribution < 1.29 is 9.59 Å². The van der Waals surface area contributed by atoms with Crippen LogP contribution in [0.1, 0.15) is 46.3 Å². The summed E-state index contributed by atoms with van der Waals surface area (Å²) in [5.74, 6) is -0.389. The maximum atomic E-state index is 12.5. The molecule has 1 aromatic carbocycles. The van der Waals surface area contributed by atoms with Crippen molar-refractivity contribution in [3.8, 4) is 0 Å². The second-order valence-corrected chi connectivity index (χ2v) is 6.97. The molecule has 0 aliphatic heterocycles. The molecular weight excluding hydrogens is 410 g/mol. The lowest BCUT2D eigenvalue weighted by molar-refractivity contribution is 0.101. The zero-order valence-electron chi connectivity index (χ0n) is 14.8. The van der Waals surface area contributed by atoms with Gasteiger partial charge in [0, 0.05) is 29.3 Å². The van der Waals surface area contributed by atoms with E-state index in [0.717, 1.165) is 5.69 Å². The van der Waals surface area contributed by atoms with Gasteiger partial charge in [-0.1, -0.05) is 19.9 Å². The Kier molecular flexibility index (Phi) is 5.66. The van der Waals surface area contributed by atoms with Crippen LogP contribution in [-0.2, 0) is 0 Å². The van der Waals surface area contributed by atoms with E-state index in [2.05, 4.69) is 41.7 Å². The largest absolute Gasteiger partial charge is 0.322 e. The number of hydrogen-bond acceptors (Lipinski definition) is 4. The summed E-state index contributed by atoms with van der Waals surface area (Å²) in [5.41, 5.74) is 2.76. The van der Waals surface area contributed by atoms with Crippen molar-refractivity contribution in [1.82, 2.24) is 15.2 Å². The van der Waals surface area contributed by atoms with Crippen LogP contribution in [0.2, 0.25) is 0 Å². The molecule has 0 unspecified atom stereocenters.